The molecule has 28 heavy (non-hydrogen) atoms. The third kappa shape index (κ3) is 4.79. The van der Waals surface area contributed by atoms with Gasteiger partial charge in [0.1, 0.15) is 10.8 Å². The Morgan fingerprint density at radius 2 is 1.71 bits per heavy atom. The molecule has 1 aromatic heterocycles. The summed E-state index contributed by atoms with van der Waals surface area (Å²) < 4.78 is 5.34. The Morgan fingerprint density at radius 1 is 0.964 bits per heavy atom. The fourth-order valence-electron chi connectivity index (χ4n) is 3.65. The number of hydrogen-bond acceptors (Lipinski definition) is 5. The van der Waals surface area contributed by atoms with Gasteiger partial charge in [-0.3, -0.25) is 9.80 Å². The lowest BCUT2D eigenvalue weighted by Gasteiger charge is -2.34. The predicted octanol–water partition coefficient (Wildman–Crippen LogP) is 4.44. The highest BCUT2D eigenvalue weighted by molar-refractivity contribution is 7.13. The Kier molecular flexibility index (Phi) is 6.05. The summed E-state index contributed by atoms with van der Waals surface area (Å²) in [6.07, 6.45) is 0. The van der Waals surface area contributed by atoms with Crippen LogP contribution in [0.1, 0.15) is 16.8 Å². The highest BCUT2D eigenvalue weighted by Gasteiger charge is 2.18. The molecule has 2 heterocycles. The number of rotatable bonds is 6. The van der Waals surface area contributed by atoms with Crippen molar-refractivity contribution < 1.29 is 4.74 Å². The summed E-state index contributed by atoms with van der Waals surface area (Å²) >= 11 is 1.75. The number of aryl methyl sites for hydroxylation is 1. The first-order valence-electron chi connectivity index (χ1n) is 9.79. The quantitative estimate of drug-likeness (QED) is 0.619. The van der Waals surface area contributed by atoms with Crippen LogP contribution in [0.15, 0.2) is 53.9 Å². The molecule has 1 fully saturated rings. The Labute approximate surface area is 171 Å². The number of hydrogen-bond donors (Lipinski definition) is 0. The van der Waals surface area contributed by atoms with Gasteiger partial charge < -0.3 is 4.74 Å². The topological polar surface area (TPSA) is 28.6 Å². The third-order valence-corrected chi connectivity index (χ3v) is 6.15. The Morgan fingerprint density at radius 3 is 2.46 bits per heavy atom. The average Bonchev–Trinajstić information content (AvgIpc) is 3.18. The molecule has 4 nitrogen and oxygen atoms in total. The summed E-state index contributed by atoms with van der Waals surface area (Å²) in [5, 5.41) is 3.33. The molecule has 1 saturated heterocycles. The second kappa shape index (κ2) is 8.86. The molecule has 0 bridgehead atoms. The summed E-state index contributed by atoms with van der Waals surface area (Å²) in [6, 6.07) is 17.0. The summed E-state index contributed by atoms with van der Waals surface area (Å²) in [7, 11) is 1.72. The van der Waals surface area contributed by atoms with E-state index >= 15 is 0 Å². The molecule has 3 aromatic rings. The van der Waals surface area contributed by atoms with Crippen LogP contribution in [0.5, 0.6) is 5.75 Å². The van der Waals surface area contributed by atoms with Crippen LogP contribution in [0, 0.1) is 6.92 Å². The van der Waals surface area contributed by atoms with Crippen LogP contribution in [0.3, 0.4) is 0 Å². The van der Waals surface area contributed by atoms with E-state index < -0.39 is 0 Å². The van der Waals surface area contributed by atoms with Crippen molar-refractivity contribution in [3.05, 3.63) is 70.7 Å². The van der Waals surface area contributed by atoms with Crippen molar-refractivity contribution in [1.82, 2.24) is 14.8 Å². The van der Waals surface area contributed by atoms with Gasteiger partial charge in [-0.05, 0) is 30.7 Å². The van der Waals surface area contributed by atoms with Crippen LogP contribution in [0.25, 0.3) is 10.6 Å². The highest BCUT2D eigenvalue weighted by atomic mass is 32.1. The number of benzene rings is 2. The average molecular weight is 394 g/mol. The molecule has 0 radical (unpaired) electrons. The molecule has 0 N–H and O–H groups in total. The molecule has 4 rings (SSSR count). The van der Waals surface area contributed by atoms with Gasteiger partial charge in [0.05, 0.1) is 12.8 Å². The monoisotopic (exact) mass is 393 g/mol. The van der Waals surface area contributed by atoms with Crippen molar-refractivity contribution in [1.29, 1.82) is 0 Å². The molecule has 0 aliphatic carbocycles. The minimum Gasteiger partial charge on any atom is -0.497 e. The van der Waals surface area contributed by atoms with Crippen molar-refractivity contribution in [2.24, 2.45) is 0 Å². The van der Waals surface area contributed by atoms with Gasteiger partial charge in [0, 0.05) is 50.2 Å². The Balaban J connectivity index is 1.30. The molecule has 0 spiro atoms. The normalized spacial score (nSPS) is 15.6. The van der Waals surface area contributed by atoms with Crippen molar-refractivity contribution in [2.45, 2.75) is 20.0 Å². The summed E-state index contributed by atoms with van der Waals surface area (Å²) in [5.41, 5.74) is 5.00. The van der Waals surface area contributed by atoms with Crippen molar-refractivity contribution in [3.63, 3.8) is 0 Å². The van der Waals surface area contributed by atoms with Crippen molar-refractivity contribution in [2.75, 3.05) is 33.3 Å². The first-order chi connectivity index (χ1) is 13.7. The largest absolute Gasteiger partial charge is 0.497 e. The fourth-order valence-corrected chi connectivity index (χ4v) is 4.46. The van der Waals surface area contributed by atoms with E-state index in [1.165, 1.54) is 22.4 Å². The van der Waals surface area contributed by atoms with E-state index in [1.807, 2.05) is 6.07 Å². The van der Waals surface area contributed by atoms with Crippen LogP contribution in [0.4, 0.5) is 0 Å². The first kappa shape index (κ1) is 19.1. The maximum absolute atomic E-state index is 5.34. The highest BCUT2D eigenvalue weighted by Crippen LogP contribution is 2.25. The van der Waals surface area contributed by atoms with Gasteiger partial charge in [-0.1, -0.05) is 35.9 Å². The van der Waals surface area contributed by atoms with E-state index in [1.54, 1.807) is 18.4 Å². The predicted molar refractivity (Wildman–Crippen MR) is 116 cm³/mol. The minimum atomic E-state index is 0.934. The molecule has 0 saturated carbocycles. The molecular formula is C23H27N3OS. The van der Waals surface area contributed by atoms with Crippen LogP contribution in [-0.4, -0.2) is 48.1 Å². The van der Waals surface area contributed by atoms with Crippen LogP contribution >= 0.6 is 11.3 Å². The summed E-state index contributed by atoms with van der Waals surface area (Å²) in [4.78, 5) is 9.90. The maximum Gasteiger partial charge on any atom is 0.123 e. The van der Waals surface area contributed by atoms with E-state index in [4.69, 9.17) is 9.72 Å². The van der Waals surface area contributed by atoms with Gasteiger partial charge in [0.15, 0.2) is 0 Å². The number of methoxy groups -OCH3 is 1. The standard InChI is InChI=1S/C23H27N3OS/c1-18-5-3-7-20(13-18)23-24-21(17-28-23)16-26-11-9-25(10-12-26)15-19-6-4-8-22(14-19)27-2/h3-8,13-14,17H,9-12,15-16H2,1-2H3. The molecule has 5 heteroatoms. The summed E-state index contributed by atoms with van der Waals surface area (Å²) in [5.74, 6) is 0.934. The number of aromatic nitrogens is 1. The van der Waals surface area contributed by atoms with Gasteiger partial charge in [0.2, 0.25) is 0 Å². The lowest BCUT2D eigenvalue weighted by molar-refractivity contribution is 0.121. The molecule has 0 unspecified atom stereocenters. The van der Waals surface area contributed by atoms with Crippen LogP contribution in [0.2, 0.25) is 0 Å². The van der Waals surface area contributed by atoms with Gasteiger partial charge >= 0.3 is 0 Å². The number of thiazole rings is 1. The Bertz CT molecular complexity index is 915. The Hall–Kier alpha value is -2.21. The molecule has 146 valence electrons. The van der Waals surface area contributed by atoms with Crippen molar-refractivity contribution >= 4 is 11.3 Å². The number of piperazine rings is 1. The van der Waals surface area contributed by atoms with E-state index in [0.717, 1.165) is 50.0 Å². The molecule has 2 aromatic carbocycles. The van der Waals surface area contributed by atoms with Gasteiger partial charge in [-0.15, -0.1) is 11.3 Å². The van der Waals surface area contributed by atoms with Gasteiger partial charge in [0.25, 0.3) is 0 Å². The van der Waals surface area contributed by atoms with E-state index in [-0.39, 0.29) is 0 Å². The van der Waals surface area contributed by atoms with Crippen LogP contribution in [-0.2, 0) is 13.1 Å². The fraction of sp³-hybridized carbons (Fsp3) is 0.348. The van der Waals surface area contributed by atoms with Crippen LogP contribution < -0.4 is 4.74 Å². The molecular weight excluding hydrogens is 366 g/mol. The third-order valence-electron chi connectivity index (χ3n) is 5.21. The maximum atomic E-state index is 5.34. The lowest BCUT2D eigenvalue weighted by atomic mass is 10.1. The van der Waals surface area contributed by atoms with E-state index in [9.17, 15) is 0 Å². The second-order valence-electron chi connectivity index (χ2n) is 7.42. The molecule has 1 aliphatic heterocycles. The lowest BCUT2D eigenvalue weighted by Crippen LogP contribution is -2.45. The van der Waals surface area contributed by atoms with Crippen molar-refractivity contribution in [3.8, 4) is 16.3 Å². The number of ether oxygens (including phenoxy) is 1. The number of nitrogens with zero attached hydrogens (tertiary/aromatic N) is 3. The summed E-state index contributed by atoms with van der Waals surface area (Å²) in [6.45, 7) is 8.40. The second-order valence-corrected chi connectivity index (χ2v) is 8.28. The molecule has 1 aliphatic rings. The smallest absolute Gasteiger partial charge is 0.123 e. The van der Waals surface area contributed by atoms with Gasteiger partial charge in [-0.25, -0.2) is 4.98 Å². The minimum absolute atomic E-state index is 0.934. The zero-order chi connectivity index (χ0) is 19.3. The SMILES string of the molecule is COc1cccc(CN2CCN(Cc3csc(-c4cccc(C)c4)n3)CC2)c1. The molecule has 0 amide bonds. The zero-order valence-corrected chi connectivity index (χ0v) is 17.4. The van der Waals surface area contributed by atoms with Gasteiger partial charge in [-0.2, -0.15) is 0 Å². The zero-order valence-electron chi connectivity index (χ0n) is 16.6. The van der Waals surface area contributed by atoms with E-state index in [2.05, 4.69) is 64.6 Å². The van der Waals surface area contributed by atoms with E-state index in [0.29, 0.717) is 0 Å². The molecule has 0 atom stereocenters. The first-order valence-corrected chi connectivity index (χ1v) is 10.7.